The van der Waals surface area contributed by atoms with Crippen LogP contribution in [0.5, 0.6) is 0 Å². The van der Waals surface area contributed by atoms with Gasteiger partial charge in [-0.2, -0.15) is 0 Å². The van der Waals surface area contributed by atoms with Crippen molar-refractivity contribution in [1.82, 2.24) is 20.5 Å². The molecule has 2 aromatic carbocycles. The summed E-state index contributed by atoms with van der Waals surface area (Å²) in [4.78, 5) is 11.2. The van der Waals surface area contributed by atoms with Crippen LogP contribution in [0.2, 0.25) is 0 Å². The molecule has 0 aliphatic carbocycles. The first-order chi connectivity index (χ1) is 14.7. The van der Waals surface area contributed by atoms with Gasteiger partial charge in [-0.1, -0.05) is 48.5 Å². The zero-order chi connectivity index (χ0) is 21.2. The average molecular weight is 406 g/mol. The lowest BCUT2D eigenvalue weighted by Gasteiger charge is -2.25. The minimum atomic E-state index is 0.458. The summed E-state index contributed by atoms with van der Waals surface area (Å²) in [5.74, 6) is 1.39. The van der Waals surface area contributed by atoms with Gasteiger partial charge in [0, 0.05) is 31.7 Å². The summed E-state index contributed by atoms with van der Waals surface area (Å²) in [6.07, 6.45) is 2.70. The molecule has 158 valence electrons. The minimum absolute atomic E-state index is 0.458. The third-order valence-corrected chi connectivity index (χ3v) is 5.11. The summed E-state index contributed by atoms with van der Waals surface area (Å²) in [5, 5.41) is 6.68. The summed E-state index contributed by atoms with van der Waals surface area (Å²) in [5.41, 5.74) is 3.15. The molecule has 0 saturated heterocycles. The highest BCUT2D eigenvalue weighted by atomic mass is 16.3. The fourth-order valence-corrected chi connectivity index (χ4v) is 3.14. The molecule has 1 unspecified atom stereocenters. The maximum absolute atomic E-state index is 5.59. The van der Waals surface area contributed by atoms with Gasteiger partial charge in [0.25, 0.3) is 0 Å². The molecule has 0 aliphatic heterocycles. The quantitative estimate of drug-likeness (QED) is 0.417. The molecule has 0 saturated carbocycles. The van der Waals surface area contributed by atoms with Gasteiger partial charge in [-0.25, -0.2) is 4.98 Å². The number of hydrogen-bond donors (Lipinski definition) is 2. The van der Waals surface area contributed by atoms with E-state index in [4.69, 9.17) is 4.42 Å². The number of benzene rings is 2. The minimum Gasteiger partial charge on any atom is -0.444 e. The summed E-state index contributed by atoms with van der Waals surface area (Å²) >= 11 is 0. The monoisotopic (exact) mass is 405 g/mol. The molecule has 2 N–H and O–H groups in total. The van der Waals surface area contributed by atoms with E-state index >= 15 is 0 Å². The van der Waals surface area contributed by atoms with Gasteiger partial charge in [0.2, 0.25) is 5.89 Å². The molecule has 3 aromatic rings. The highest BCUT2D eigenvalue weighted by Gasteiger charge is 2.10. The van der Waals surface area contributed by atoms with E-state index < -0.39 is 0 Å². The van der Waals surface area contributed by atoms with Crippen LogP contribution in [0.3, 0.4) is 0 Å². The molecular formula is C24H31N5O. The maximum Gasteiger partial charge on any atom is 0.226 e. The van der Waals surface area contributed by atoms with Crippen molar-refractivity contribution in [3.05, 3.63) is 78.2 Å². The topological polar surface area (TPSA) is 65.7 Å². The highest BCUT2D eigenvalue weighted by molar-refractivity contribution is 5.79. The average Bonchev–Trinajstić information content (AvgIpc) is 3.26. The predicted octanol–water partition coefficient (Wildman–Crippen LogP) is 3.92. The summed E-state index contributed by atoms with van der Waals surface area (Å²) in [6, 6.07) is 20.9. The molecule has 1 heterocycles. The fourth-order valence-electron chi connectivity index (χ4n) is 3.14. The molecule has 30 heavy (non-hydrogen) atoms. The second-order valence-electron chi connectivity index (χ2n) is 7.40. The van der Waals surface area contributed by atoms with Crippen molar-refractivity contribution >= 4 is 5.96 Å². The van der Waals surface area contributed by atoms with E-state index in [2.05, 4.69) is 69.8 Å². The van der Waals surface area contributed by atoms with Crippen LogP contribution < -0.4 is 10.6 Å². The molecule has 6 heteroatoms. The molecule has 0 aliphatic rings. The van der Waals surface area contributed by atoms with E-state index in [-0.39, 0.29) is 0 Å². The van der Waals surface area contributed by atoms with Crippen molar-refractivity contribution in [2.75, 3.05) is 20.6 Å². The van der Waals surface area contributed by atoms with Crippen molar-refractivity contribution in [2.45, 2.75) is 32.5 Å². The molecule has 0 spiro atoms. The molecular weight excluding hydrogens is 374 g/mol. The van der Waals surface area contributed by atoms with Crippen molar-refractivity contribution in [3.8, 4) is 11.5 Å². The Hall–Kier alpha value is -3.12. The van der Waals surface area contributed by atoms with Crippen LogP contribution in [0.1, 0.15) is 24.6 Å². The van der Waals surface area contributed by atoms with Crippen LogP contribution in [0.25, 0.3) is 11.5 Å². The Morgan fingerprint density at radius 2 is 1.77 bits per heavy atom. The number of nitrogens with zero attached hydrogens (tertiary/aromatic N) is 3. The Morgan fingerprint density at radius 3 is 2.47 bits per heavy atom. The van der Waals surface area contributed by atoms with Gasteiger partial charge < -0.3 is 15.1 Å². The first-order valence-corrected chi connectivity index (χ1v) is 10.3. The lowest BCUT2D eigenvalue weighted by molar-refractivity contribution is 0.238. The Bertz CT molecular complexity index is 908. The van der Waals surface area contributed by atoms with Gasteiger partial charge in [0.05, 0.1) is 12.2 Å². The smallest absolute Gasteiger partial charge is 0.226 e. The third kappa shape index (κ3) is 6.46. The zero-order valence-electron chi connectivity index (χ0n) is 18.0. The van der Waals surface area contributed by atoms with Gasteiger partial charge in [-0.05, 0) is 38.1 Å². The number of hydrogen-bond acceptors (Lipinski definition) is 4. The Balaban J connectivity index is 1.40. The fraction of sp³-hybridized carbons (Fsp3) is 0.333. The van der Waals surface area contributed by atoms with E-state index in [9.17, 15) is 0 Å². The predicted molar refractivity (Wildman–Crippen MR) is 122 cm³/mol. The third-order valence-electron chi connectivity index (χ3n) is 5.11. The van der Waals surface area contributed by atoms with Crippen molar-refractivity contribution in [1.29, 1.82) is 0 Å². The first kappa shape index (κ1) is 21.6. The molecule has 6 nitrogen and oxygen atoms in total. The molecule has 0 fully saturated rings. The Kier molecular flexibility index (Phi) is 8.03. The van der Waals surface area contributed by atoms with Gasteiger partial charge in [-0.3, -0.25) is 9.89 Å². The zero-order valence-corrected chi connectivity index (χ0v) is 18.0. The van der Waals surface area contributed by atoms with Gasteiger partial charge >= 0.3 is 0 Å². The summed E-state index contributed by atoms with van der Waals surface area (Å²) < 4.78 is 5.59. The molecule has 3 rings (SSSR count). The van der Waals surface area contributed by atoms with Crippen LogP contribution >= 0.6 is 0 Å². The van der Waals surface area contributed by atoms with Crippen LogP contribution in [0.4, 0.5) is 0 Å². The number of nitrogens with one attached hydrogen (secondary N) is 2. The number of aromatic nitrogens is 1. The number of guanidine groups is 1. The summed E-state index contributed by atoms with van der Waals surface area (Å²) in [6.45, 7) is 4.60. The molecule has 0 bridgehead atoms. The van der Waals surface area contributed by atoms with Crippen LogP contribution in [-0.4, -0.2) is 42.5 Å². The van der Waals surface area contributed by atoms with Crippen LogP contribution in [0.15, 0.2) is 76.3 Å². The second kappa shape index (κ2) is 11.2. The van der Waals surface area contributed by atoms with E-state index in [1.54, 1.807) is 13.3 Å². The van der Waals surface area contributed by atoms with Gasteiger partial charge in [-0.15, -0.1) is 0 Å². The largest absolute Gasteiger partial charge is 0.444 e. The van der Waals surface area contributed by atoms with Crippen LogP contribution in [0, 0.1) is 0 Å². The number of aliphatic imine (C=N–C) groups is 1. The molecule has 1 aromatic heterocycles. The first-order valence-electron chi connectivity index (χ1n) is 10.3. The van der Waals surface area contributed by atoms with E-state index in [1.807, 2.05) is 30.3 Å². The SMILES string of the molecule is CN=C(NCCC(C)N(C)Cc1ccccc1)NCc1coc(-c2ccccc2)n1. The lowest BCUT2D eigenvalue weighted by atomic mass is 10.1. The number of rotatable bonds is 9. The molecule has 0 radical (unpaired) electrons. The van der Waals surface area contributed by atoms with Gasteiger partial charge in [0.15, 0.2) is 5.96 Å². The number of oxazole rings is 1. The lowest BCUT2D eigenvalue weighted by Crippen LogP contribution is -2.39. The normalized spacial score (nSPS) is 12.7. The van der Waals surface area contributed by atoms with E-state index in [0.29, 0.717) is 18.5 Å². The Morgan fingerprint density at radius 1 is 1.07 bits per heavy atom. The van der Waals surface area contributed by atoms with Gasteiger partial charge in [0.1, 0.15) is 6.26 Å². The van der Waals surface area contributed by atoms with Crippen molar-refractivity contribution in [2.24, 2.45) is 4.99 Å². The second-order valence-corrected chi connectivity index (χ2v) is 7.40. The van der Waals surface area contributed by atoms with Crippen molar-refractivity contribution < 1.29 is 4.42 Å². The maximum atomic E-state index is 5.59. The standard InChI is InChI=1S/C24H31N5O/c1-19(29(3)17-20-10-6-4-7-11-20)14-15-26-24(25-2)27-16-22-18-30-23(28-22)21-12-8-5-9-13-21/h4-13,18-19H,14-17H2,1-3H3,(H2,25,26,27). The highest BCUT2D eigenvalue weighted by Crippen LogP contribution is 2.17. The summed E-state index contributed by atoms with van der Waals surface area (Å²) in [7, 11) is 3.94. The molecule has 1 atom stereocenters. The van der Waals surface area contributed by atoms with Crippen LogP contribution in [-0.2, 0) is 13.1 Å². The van der Waals surface area contributed by atoms with E-state index in [0.717, 1.165) is 36.7 Å². The molecule has 0 amide bonds. The Labute approximate surface area is 179 Å². The van der Waals surface area contributed by atoms with Crippen molar-refractivity contribution in [3.63, 3.8) is 0 Å². The van der Waals surface area contributed by atoms with E-state index in [1.165, 1.54) is 5.56 Å².